The molecule has 5 rings (SSSR count). The number of anilines is 1. The average molecular weight is 454 g/mol. The SMILES string of the molecule is C=CCn1c(=O)c(C2CC(=O)N(Nc3ccccc3)C3=C2C(=O)CCC3)cc2cc(C)ccc21. The van der Waals surface area contributed by atoms with Gasteiger partial charge in [-0.05, 0) is 55.5 Å². The fourth-order valence-electron chi connectivity index (χ4n) is 5.12. The lowest BCUT2D eigenvalue weighted by Gasteiger charge is -2.38. The topological polar surface area (TPSA) is 71.4 Å². The number of fused-ring (bicyclic) bond motifs is 1. The number of Topliss-reactive ketones (excluding diaryl/α,β-unsaturated/α-hetero) is 1. The number of carbonyl (C=O) groups excluding carboxylic acids is 2. The van der Waals surface area contributed by atoms with Crippen molar-refractivity contribution in [3.63, 3.8) is 0 Å². The normalized spacial score (nSPS) is 18.3. The molecular weight excluding hydrogens is 426 g/mol. The van der Waals surface area contributed by atoms with Gasteiger partial charge < -0.3 is 4.57 Å². The summed E-state index contributed by atoms with van der Waals surface area (Å²) in [5.41, 5.74) is 7.44. The number of nitrogens with zero attached hydrogens (tertiary/aromatic N) is 2. The second-order valence-corrected chi connectivity index (χ2v) is 8.97. The fourth-order valence-corrected chi connectivity index (χ4v) is 5.12. The quantitative estimate of drug-likeness (QED) is 0.561. The molecule has 0 saturated carbocycles. The first kappa shape index (κ1) is 21.9. The molecule has 34 heavy (non-hydrogen) atoms. The number of benzene rings is 2. The lowest BCUT2D eigenvalue weighted by molar-refractivity contribution is -0.130. The van der Waals surface area contributed by atoms with Crippen molar-refractivity contribution in [3.05, 3.63) is 100 Å². The predicted octanol–water partition coefficient (Wildman–Crippen LogP) is 4.85. The molecule has 1 unspecified atom stereocenters. The van der Waals surface area contributed by atoms with Crippen LogP contribution in [0.15, 0.2) is 83.3 Å². The van der Waals surface area contributed by atoms with E-state index in [1.54, 1.807) is 10.6 Å². The first-order valence-electron chi connectivity index (χ1n) is 11.6. The largest absolute Gasteiger partial charge is 0.304 e. The number of hydrogen-bond acceptors (Lipinski definition) is 4. The molecule has 0 saturated heterocycles. The number of para-hydroxylation sites is 1. The highest BCUT2D eigenvalue weighted by Gasteiger charge is 2.40. The summed E-state index contributed by atoms with van der Waals surface area (Å²) >= 11 is 0. The predicted molar refractivity (Wildman–Crippen MR) is 133 cm³/mol. The molecular formula is C28H27N3O3. The molecule has 0 spiro atoms. The molecule has 6 heteroatoms. The molecule has 1 aromatic heterocycles. The van der Waals surface area contributed by atoms with Crippen LogP contribution in [-0.4, -0.2) is 21.3 Å². The Labute approximate surface area is 198 Å². The van der Waals surface area contributed by atoms with E-state index < -0.39 is 5.92 Å². The van der Waals surface area contributed by atoms with Crippen LogP contribution in [0.5, 0.6) is 0 Å². The van der Waals surface area contributed by atoms with Gasteiger partial charge in [0.25, 0.3) is 5.56 Å². The van der Waals surface area contributed by atoms with E-state index in [9.17, 15) is 14.4 Å². The zero-order chi connectivity index (χ0) is 23.8. The Morgan fingerprint density at radius 3 is 2.62 bits per heavy atom. The smallest absolute Gasteiger partial charge is 0.255 e. The summed E-state index contributed by atoms with van der Waals surface area (Å²) in [6.07, 6.45) is 3.47. The molecule has 172 valence electrons. The third-order valence-electron chi connectivity index (χ3n) is 6.65. The molecule has 0 radical (unpaired) electrons. The van der Waals surface area contributed by atoms with E-state index in [-0.39, 0.29) is 23.7 Å². The number of carbonyl (C=O) groups is 2. The summed E-state index contributed by atoms with van der Waals surface area (Å²) in [6, 6.07) is 17.3. The number of aryl methyl sites for hydroxylation is 1. The van der Waals surface area contributed by atoms with Crippen LogP contribution in [0, 0.1) is 6.92 Å². The van der Waals surface area contributed by atoms with E-state index in [2.05, 4.69) is 12.0 Å². The van der Waals surface area contributed by atoms with Crippen LogP contribution in [-0.2, 0) is 16.1 Å². The molecule has 2 aliphatic rings. The van der Waals surface area contributed by atoms with Crippen molar-refractivity contribution in [2.45, 2.75) is 45.1 Å². The Balaban J connectivity index is 1.68. The lowest BCUT2D eigenvalue weighted by Crippen LogP contribution is -2.44. The molecule has 6 nitrogen and oxygen atoms in total. The minimum absolute atomic E-state index is 0.0117. The van der Waals surface area contributed by atoms with Gasteiger partial charge in [-0.15, -0.1) is 6.58 Å². The molecule has 0 fully saturated rings. The van der Waals surface area contributed by atoms with Crippen LogP contribution >= 0.6 is 0 Å². The number of hydrazine groups is 1. The Morgan fingerprint density at radius 1 is 1.06 bits per heavy atom. The third kappa shape index (κ3) is 3.75. The van der Waals surface area contributed by atoms with E-state index in [1.807, 2.05) is 61.5 Å². The molecule has 2 heterocycles. The maximum atomic E-state index is 13.7. The summed E-state index contributed by atoms with van der Waals surface area (Å²) in [5.74, 6) is -0.698. The van der Waals surface area contributed by atoms with Crippen molar-refractivity contribution in [3.8, 4) is 0 Å². The van der Waals surface area contributed by atoms with Gasteiger partial charge in [-0.25, -0.2) is 5.01 Å². The monoisotopic (exact) mass is 453 g/mol. The molecule has 0 bridgehead atoms. The Morgan fingerprint density at radius 2 is 1.85 bits per heavy atom. The van der Waals surface area contributed by atoms with E-state index in [0.29, 0.717) is 42.6 Å². The van der Waals surface area contributed by atoms with E-state index in [1.165, 1.54) is 5.01 Å². The number of rotatable bonds is 5. The average Bonchev–Trinajstić information content (AvgIpc) is 2.83. The number of nitrogens with one attached hydrogen (secondary N) is 1. The summed E-state index contributed by atoms with van der Waals surface area (Å²) in [7, 11) is 0. The van der Waals surface area contributed by atoms with Crippen LogP contribution in [0.4, 0.5) is 5.69 Å². The highest BCUT2D eigenvalue weighted by molar-refractivity contribution is 6.02. The van der Waals surface area contributed by atoms with Crippen LogP contribution in [0.25, 0.3) is 10.9 Å². The lowest BCUT2D eigenvalue weighted by atomic mass is 9.77. The number of aromatic nitrogens is 1. The number of ketones is 1. The second kappa shape index (κ2) is 8.78. The van der Waals surface area contributed by atoms with Crippen molar-refractivity contribution in [2.24, 2.45) is 0 Å². The van der Waals surface area contributed by atoms with Crippen LogP contribution in [0.3, 0.4) is 0 Å². The molecule has 2 aromatic carbocycles. The molecule has 1 aliphatic carbocycles. The zero-order valence-electron chi connectivity index (χ0n) is 19.2. The molecule has 1 aliphatic heterocycles. The fraction of sp³-hybridized carbons (Fsp3) is 0.250. The van der Waals surface area contributed by atoms with Crippen molar-refractivity contribution in [1.82, 2.24) is 9.58 Å². The molecule has 1 atom stereocenters. The summed E-state index contributed by atoms with van der Waals surface area (Å²) < 4.78 is 1.68. The van der Waals surface area contributed by atoms with E-state index in [0.717, 1.165) is 22.2 Å². The maximum absolute atomic E-state index is 13.7. The molecule has 1 amide bonds. The van der Waals surface area contributed by atoms with Crippen molar-refractivity contribution in [2.75, 3.05) is 5.43 Å². The van der Waals surface area contributed by atoms with Crippen LogP contribution in [0.2, 0.25) is 0 Å². The van der Waals surface area contributed by atoms with Gasteiger partial charge in [0.1, 0.15) is 0 Å². The van der Waals surface area contributed by atoms with Gasteiger partial charge >= 0.3 is 0 Å². The van der Waals surface area contributed by atoms with Gasteiger partial charge in [-0.1, -0.05) is 35.9 Å². The van der Waals surface area contributed by atoms with Gasteiger partial charge in [0.05, 0.1) is 16.9 Å². The number of allylic oxidation sites excluding steroid dienone is 3. The second-order valence-electron chi connectivity index (χ2n) is 8.97. The highest BCUT2D eigenvalue weighted by Crippen LogP contribution is 2.41. The van der Waals surface area contributed by atoms with Crippen molar-refractivity contribution in [1.29, 1.82) is 0 Å². The van der Waals surface area contributed by atoms with Gasteiger partial charge in [0.2, 0.25) is 5.91 Å². The summed E-state index contributed by atoms with van der Waals surface area (Å²) in [4.78, 5) is 40.2. The van der Waals surface area contributed by atoms with Crippen molar-refractivity contribution < 1.29 is 9.59 Å². The number of pyridine rings is 1. The van der Waals surface area contributed by atoms with Crippen LogP contribution in [0.1, 0.15) is 42.7 Å². The zero-order valence-corrected chi connectivity index (χ0v) is 19.2. The van der Waals surface area contributed by atoms with E-state index in [4.69, 9.17) is 0 Å². The Hall–Kier alpha value is -3.93. The van der Waals surface area contributed by atoms with Crippen molar-refractivity contribution >= 4 is 28.3 Å². The van der Waals surface area contributed by atoms with Gasteiger partial charge in [-0.2, -0.15) is 0 Å². The molecule has 1 N–H and O–H groups in total. The standard InChI is InChI=1S/C28H27N3O3/c1-3-14-30-23-13-12-18(2)15-19(23)16-22(28(30)34)21-17-26(33)31(29-20-8-5-4-6-9-20)24-10-7-11-25(32)27(21)24/h3-6,8-9,12-13,15-16,21,29H,1,7,10-11,14,17H2,2H3. The van der Waals surface area contributed by atoms with Crippen LogP contribution < -0.4 is 11.0 Å². The first-order chi connectivity index (χ1) is 16.5. The Bertz CT molecular complexity index is 1400. The third-order valence-corrected chi connectivity index (χ3v) is 6.65. The highest BCUT2D eigenvalue weighted by atomic mass is 16.2. The maximum Gasteiger partial charge on any atom is 0.255 e. The minimum Gasteiger partial charge on any atom is -0.304 e. The summed E-state index contributed by atoms with van der Waals surface area (Å²) in [6.45, 7) is 6.17. The van der Waals surface area contributed by atoms with Gasteiger partial charge in [-0.3, -0.25) is 19.8 Å². The number of amides is 1. The number of hydrogen-bond donors (Lipinski definition) is 1. The summed E-state index contributed by atoms with van der Waals surface area (Å²) in [5, 5.41) is 2.44. The van der Waals surface area contributed by atoms with E-state index >= 15 is 0 Å². The minimum atomic E-state index is -0.558. The van der Waals surface area contributed by atoms with Gasteiger partial charge in [0.15, 0.2) is 5.78 Å². The first-order valence-corrected chi connectivity index (χ1v) is 11.6. The molecule has 3 aromatic rings. The Kier molecular flexibility index (Phi) is 5.65. The van der Waals surface area contributed by atoms with Gasteiger partial charge in [0, 0.05) is 36.4 Å².